The molecule has 0 unspecified atom stereocenters. The summed E-state index contributed by atoms with van der Waals surface area (Å²) in [5.41, 5.74) is 0. The molecule has 1 saturated heterocycles. The molecule has 0 spiro atoms. The van der Waals surface area contributed by atoms with E-state index in [1.807, 2.05) is 13.0 Å². The van der Waals surface area contributed by atoms with E-state index in [9.17, 15) is 14.7 Å². The monoisotopic (exact) mass is 286 g/mol. The predicted molar refractivity (Wildman–Crippen MR) is 72.0 cm³/mol. The number of hydrogen-bond donors (Lipinski definition) is 5. The van der Waals surface area contributed by atoms with E-state index in [-0.39, 0.29) is 11.8 Å². The maximum atomic E-state index is 11.2. The summed E-state index contributed by atoms with van der Waals surface area (Å²) >= 11 is 0. The van der Waals surface area contributed by atoms with Crippen LogP contribution in [0.3, 0.4) is 0 Å². The molecule has 0 radical (unpaired) electrons. The zero-order valence-electron chi connectivity index (χ0n) is 11.6. The first-order valence-electron chi connectivity index (χ1n) is 6.58. The van der Waals surface area contributed by atoms with E-state index < -0.39 is 36.8 Å². The van der Waals surface area contributed by atoms with Crippen molar-refractivity contribution in [2.75, 3.05) is 6.61 Å². The van der Waals surface area contributed by atoms with Gasteiger partial charge in [-0.2, -0.15) is 0 Å². The van der Waals surface area contributed by atoms with Gasteiger partial charge in [0.2, 0.25) is 5.91 Å². The molecule has 1 aliphatic heterocycles. The third-order valence-corrected chi connectivity index (χ3v) is 3.46. The third kappa shape index (κ3) is 4.03. The van der Waals surface area contributed by atoms with Crippen molar-refractivity contribution in [1.82, 2.24) is 10.6 Å². The highest BCUT2D eigenvalue weighted by molar-refractivity contribution is 5.75. The molecule has 1 amide bonds. The predicted octanol–water partition coefficient (Wildman–Crippen LogP) is -1.15. The maximum absolute atomic E-state index is 11.2. The fourth-order valence-corrected chi connectivity index (χ4v) is 2.60. The SMILES string of the molecule is C/C=C\[C@H]1C[C@H](C(=O)O)N[C@H]1[C@@H](NC(C)=O)[C@H](O)CO. The van der Waals surface area contributed by atoms with Crippen LogP contribution in [-0.4, -0.2) is 58.0 Å². The topological polar surface area (TPSA) is 119 Å². The number of carboxylic acids is 1. The van der Waals surface area contributed by atoms with Gasteiger partial charge in [0.15, 0.2) is 0 Å². The summed E-state index contributed by atoms with van der Waals surface area (Å²) in [7, 11) is 0. The summed E-state index contributed by atoms with van der Waals surface area (Å²) in [5.74, 6) is -1.46. The van der Waals surface area contributed by atoms with Gasteiger partial charge in [0, 0.05) is 13.0 Å². The molecule has 0 saturated carbocycles. The second kappa shape index (κ2) is 7.37. The van der Waals surface area contributed by atoms with Gasteiger partial charge < -0.3 is 20.6 Å². The lowest BCUT2D eigenvalue weighted by Gasteiger charge is -2.31. The summed E-state index contributed by atoms with van der Waals surface area (Å²) in [4.78, 5) is 22.3. The van der Waals surface area contributed by atoms with Crippen molar-refractivity contribution in [2.45, 2.75) is 44.5 Å². The number of carboxylic acid groups (broad SMARTS) is 1. The highest BCUT2D eigenvalue weighted by Gasteiger charge is 2.42. The van der Waals surface area contributed by atoms with Crippen LogP contribution in [0.15, 0.2) is 12.2 Å². The second-order valence-corrected chi connectivity index (χ2v) is 4.98. The van der Waals surface area contributed by atoms with Gasteiger partial charge in [0.25, 0.3) is 0 Å². The second-order valence-electron chi connectivity index (χ2n) is 4.98. The summed E-state index contributed by atoms with van der Waals surface area (Å²) < 4.78 is 0. The zero-order valence-corrected chi connectivity index (χ0v) is 11.6. The molecule has 7 nitrogen and oxygen atoms in total. The number of amides is 1. The van der Waals surface area contributed by atoms with E-state index in [1.54, 1.807) is 6.08 Å². The number of aliphatic carboxylic acids is 1. The lowest BCUT2D eigenvalue weighted by Crippen LogP contribution is -2.57. The van der Waals surface area contributed by atoms with E-state index in [2.05, 4.69) is 10.6 Å². The number of rotatable bonds is 6. The molecule has 114 valence electrons. The van der Waals surface area contributed by atoms with Crippen LogP contribution >= 0.6 is 0 Å². The number of allylic oxidation sites excluding steroid dienone is 1. The lowest BCUT2D eigenvalue weighted by molar-refractivity contribution is -0.139. The molecular formula is C13H22N2O5. The van der Waals surface area contributed by atoms with Crippen LogP contribution in [0.5, 0.6) is 0 Å². The Labute approximate surface area is 117 Å². The average Bonchev–Trinajstić information content (AvgIpc) is 2.79. The quantitative estimate of drug-likeness (QED) is 0.393. The van der Waals surface area contributed by atoms with Gasteiger partial charge in [0.1, 0.15) is 6.04 Å². The zero-order chi connectivity index (χ0) is 15.3. The van der Waals surface area contributed by atoms with Crippen LogP contribution < -0.4 is 10.6 Å². The Balaban J connectivity index is 2.95. The molecule has 7 heteroatoms. The van der Waals surface area contributed by atoms with E-state index in [0.29, 0.717) is 6.42 Å². The number of hydrogen-bond acceptors (Lipinski definition) is 5. The van der Waals surface area contributed by atoms with E-state index in [4.69, 9.17) is 10.2 Å². The average molecular weight is 286 g/mol. The standard InChI is InChI=1S/C13H22N2O5/c1-3-4-8-5-9(13(19)20)15-11(8)12(10(18)6-16)14-7(2)17/h3-4,8-12,15-16,18H,5-6H2,1-2H3,(H,14,17)(H,19,20)/b4-3-/t8-,9+,10+,11+,12-/m0/s1. The molecule has 20 heavy (non-hydrogen) atoms. The van der Waals surface area contributed by atoms with Gasteiger partial charge in [0.05, 0.1) is 18.8 Å². The Hall–Kier alpha value is -1.44. The van der Waals surface area contributed by atoms with Crippen molar-refractivity contribution < 1.29 is 24.9 Å². The fourth-order valence-electron chi connectivity index (χ4n) is 2.60. The van der Waals surface area contributed by atoms with Crippen LogP contribution in [0.25, 0.3) is 0 Å². The first-order valence-corrected chi connectivity index (χ1v) is 6.58. The summed E-state index contributed by atoms with van der Waals surface area (Å²) in [6.45, 7) is 2.62. The molecule has 5 N–H and O–H groups in total. The summed E-state index contributed by atoms with van der Waals surface area (Å²) in [5, 5.41) is 33.6. The molecule has 1 fully saturated rings. The molecule has 0 aromatic rings. The van der Waals surface area contributed by atoms with Crippen molar-refractivity contribution in [1.29, 1.82) is 0 Å². The molecule has 0 aliphatic carbocycles. The largest absolute Gasteiger partial charge is 0.480 e. The first kappa shape index (κ1) is 16.6. The van der Waals surface area contributed by atoms with Crippen molar-refractivity contribution in [2.24, 2.45) is 5.92 Å². The van der Waals surface area contributed by atoms with Crippen molar-refractivity contribution in [3.8, 4) is 0 Å². The van der Waals surface area contributed by atoms with Crippen LogP contribution in [0.1, 0.15) is 20.3 Å². The normalized spacial score (nSPS) is 29.3. The van der Waals surface area contributed by atoms with Crippen molar-refractivity contribution in [3.63, 3.8) is 0 Å². The van der Waals surface area contributed by atoms with Crippen LogP contribution in [0.4, 0.5) is 0 Å². The van der Waals surface area contributed by atoms with Gasteiger partial charge in [-0.15, -0.1) is 0 Å². The van der Waals surface area contributed by atoms with Crippen LogP contribution in [-0.2, 0) is 9.59 Å². The molecule has 1 aliphatic rings. The minimum atomic E-state index is -1.16. The number of carbonyl (C=O) groups excluding carboxylic acids is 1. The van der Waals surface area contributed by atoms with Gasteiger partial charge in [-0.05, 0) is 19.3 Å². The molecule has 5 atom stereocenters. The van der Waals surface area contributed by atoms with Crippen molar-refractivity contribution >= 4 is 11.9 Å². The van der Waals surface area contributed by atoms with Crippen molar-refractivity contribution in [3.05, 3.63) is 12.2 Å². The minimum Gasteiger partial charge on any atom is -0.480 e. The smallest absolute Gasteiger partial charge is 0.320 e. The Kier molecular flexibility index (Phi) is 6.12. The van der Waals surface area contributed by atoms with E-state index in [0.717, 1.165) is 0 Å². The van der Waals surface area contributed by atoms with Crippen LogP contribution in [0.2, 0.25) is 0 Å². The molecule has 0 aromatic carbocycles. The fraction of sp³-hybridized carbons (Fsp3) is 0.692. The Morgan fingerprint density at radius 1 is 1.50 bits per heavy atom. The number of carbonyl (C=O) groups is 2. The molecule has 0 bridgehead atoms. The highest BCUT2D eigenvalue weighted by atomic mass is 16.4. The molecule has 1 heterocycles. The Morgan fingerprint density at radius 2 is 2.15 bits per heavy atom. The first-order chi connectivity index (χ1) is 9.40. The van der Waals surface area contributed by atoms with Gasteiger partial charge >= 0.3 is 5.97 Å². The third-order valence-electron chi connectivity index (χ3n) is 3.46. The number of aliphatic hydroxyl groups is 2. The van der Waals surface area contributed by atoms with Gasteiger partial charge in [-0.1, -0.05) is 12.2 Å². The number of nitrogens with one attached hydrogen (secondary N) is 2. The minimum absolute atomic E-state index is 0.140. The highest BCUT2D eigenvalue weighted by Crippen LogP contribution is 2.26. The van der Waals surface area contributed by atoms with E-state index >= 15 is 0 Å². The summed E-state index contributed by atoms with van der Waals surface area (Å²) in [6, 6.07) is -1.93. The Morgan fingerprint density at radius 3 is 2.60 bits per heavy atom. The Bertz CT molecular complexity index is 385. The number of aliphatic hydroxyl groups excluding tert-OH is 2. The van der Waals surface area contributed by atoms with Crippen LogP contribution in [0, 0.1) is 5.92 Å². The lowest BCUT2D eigenvalue weighted by atomic mass is 9.90. The van der Waals surface area contributed by atoms with Gasteiger partial charge in [-0.25, -0.2) is 0 Å². The maximum Gasteiger partial charge on any atom is 0.320 e. The summed E-state index contributed by atoms with van der Waals surface area (Å²) in [6.07, 6.45) is 2.87. The van der Waals surface area contributed by atoms with E-state index in [1.165, 1.54) is 6.92 Å². The molecular weight excluding hydrogens is 264 g/mol. The van der Waals surface area contributed by atoms with Gasteiger partial charge in [-0.3, -0.25) is 14.9 Å². The molecule has 1 rings (SSSR count). The molecule has 0 aromatic heterocycles.